The molecule has 0 aliphatic carbocycles. The highest BCUT2D eigenvalue weighted by atomic mass is 16.7. The van der Waals surface area contributed by atoms with E-state index in [2.05, 4.69) is 9.89 Å². The van der Waals surface area contributed by atoms with Crippen LogP contribution in [0.4, 0.5) is 4.79 Å². The van der Waals surface area contributed by atoms with Crippen molar-refractivity contribution in [1.82, 2.24) is 14.7 Å². The second-order valence-corrected chi connectivity index (χ2v) is 9.01. The van der Waals surface area contributed by atoms with Crippen molar-refractivity contribution < 1.29 is 23.9 Å². The van der Waals surface area contributed by atoms with Crippen LogP contribution in [-0.4, -0.2) is 95.0 Å². The Morgan fingerprint density at radius 2 is 1.93 bits per heavy atom. The van der Waals surface area contributed by atoms with Gasteiger partial charge in [-0.15, -0.1) is 0 Å². The van der Waals surface area contributed by atoms with Crippen molar-refractivity contribution in [3.63, 3.8) is 0 Å². The van der Waals surface area contributed by atoms with Crippen molar-refractivity contribution in [3.8, 4) is 0 Å². The summed E-state index contributed by atoms with van der Waals surface area (Å²) in [6.45, 7) is 8.16. The maximum Gasteiger partial charge on any atom is 0.509 e. The van der Waals surface area contributed by atoms with Gasteiger partial charge in [-0.3, -0.25) is 14.6 Å². The van der Waals surface area contributed by atoms with Gasteiger partial charge in [-0.2, -0.15) is 0 Å². The first-order valence-corrected chi connectivity index (χ1v) is 10.2. The lowest BCUT2D eigenvalue weighted by Crippen LogP contribution is -2.56. The molecular weight excluding hydrogens is 376 g/mol. The number of nitrogens with zero attached hydrogens (tertiary/aromatic N) is 4. The van der Waals surface area contributed by atoms with E-state index >= 15 is 0 Å². The van der Waals surface area contributed by atoms with Crippen molar-refractivity contribution in [2.24, 2.45) is 4.99 Å². The van der Waals surface area contributed by atoms with Crippen LogP contribution in [0.3, 0.4) is 0 Å². The number of rotatable bonds is 3. The number of hydrogen-bond donors (Lipinski definition) is 0. The second kappa shape index (κ2) is 7.44. The van der Waals surface area contributed by atoms with Crippen LogP contribution in [-0.2, 0) is 19.1 Å². The fourth-order valence-electron chi connectivity index (χ4n) is 4.45. The van der Waals surface area contributed by atoms with Crippen LogP contribution in [0.5, 0.6) is 0 Å². The Bertz CT molecular complexity index is 750. The zero-order valence-electron chi connectivity index (χ0n) is 17.1. The molecule has 0 aromatic rings. The number of carbonyl (C=O) groups is 3. The normalized spacial score (nSPS) is 30.0. The second-order valence-electron chi connectivity index (χ2n) is 9.01. The standard InChI is InChI=1S/C20H28N4O5/c1-20(2,3)29-19(27)28-14-6-8-22(9-7-14)11-13-12-23-17(26)10-21-15-4-5-16(25)24(13)18(15)23/h4-5,10,13-15,18H,6-9,11-12H2,1-3H3. The summed E-state index contributed by atoms with van der Waals surface area (Å²) in [5, 5.41) is 0. The first-order valence-electron chi connectivity index (χ1n) is 10.2. The van der Waals surface area contributed by atoms with Crippen molar-refractivity contribution in [1.29, 1.82) is 0 Å². The molecule has 0 spiro atoms. The van der Waals surface area contributed by atoms with E-state index in [9.17, 15) is 14.4 Å². The predicted octanol–water partition coefficient (Wildman–Crippen LogP) is 0.791. The molecule has 4 heterocycles. The average Bonchev–Trinajstić information content (AvgIpc) is 3.01. The molecule has 29 heavy (non-hydrogen) atoms. The predicted molar refractivity (Wildman–Crippen MR) is 104 cm³/mol. The lowest BCUT2D eigenvalue weighted by molar-refractivity contribution is -0.135. The molecular formula is C20H28N4O5. The van der Waals surface area contributed by atoms with E-state index in [1.165, 1.54) is 6.21 Å². The fraction of sp³-hybridized carbons (Fsp3) is 0.700. The number of carbonyl (C=O) groups excluding carboxylic acids is 3. The molecule has 3 atom stereocenters. The van der Waals surface area contributed by atoms with Gasteiger partial charge in [-0.1, -0.05) is 6.08 Å². The van der Waals surface area contributed by atoms with Crippen LogP contribution >= 0.6 is 0 Å². The number of hydrogen-bond acceptors (Lipinski definition) is 7. The number of piperidine rings is 1. The minimum atomic E-state index is -0.626. The third kappa shape index (κ3) is 4.14. The average molecular weight is 404 g/mol. The monoisotopic (exact) mass is 404 g/mol. The Hall–Kier alpha value is -2.42. The van der Waals surface area contributed by atoms with Crippen LogP contribution in [0.15, 0.2) is 17.1 Å². The summed E-state index contributed by atoms with van der Waals surface area (Å²) < 4.78 is 10.6. The number of aliphatic imine (C=N–C) groups is 1. The molecule has 9 heteroatoms. The third-order valence-corrected chi connectivity index (χ3v) is 5.70. The molecule has 0 aromatic carbocycles. The van der Waals surface area contributed by atoms with Crippen molar-refractivity contribution in [3.05, 3.63) is 12.2 Å². The van der Waals surface area contributed by atoms with Crippen LogP contribution in [0.1, 0.15) is 33.6 Å². The van der Waals surface area contributed by atoms with Crippen LogP contribution < -0.4 is 0 Å². The lowest BCUT2D eigenvalue weighted by Gasteiger charge is -2.39. The Morgan fingerprint density at radius 1 is 1.21 bits per heavy atom. The van der Waals surface area contributed by atoms with E-state index in [4.69, 9.17) is 9.47 Å². The SMILES string of the molecule is CC(C)(C)OC(=O)OC1CCN(CC2CN3C(=O)C=NC4C=CC(=O)N2C43)CC1. The Morgan fingerprint density at radius 3 is 2.62 bits per heavy atom. The zero-order chi connectivity index (χ0) is 20.8. The summed E-state index contributed by atoms with van der Waals surface area (Å²) in [5.41, 5.74) is -0.569. The fourth-order valence-corrected chi connectivity index (χ4v) is 4.45. The molecule has 158 valence electrons. The van der Waals surface area contributed by atoms with Crippen molar-refractivity contribution in [2.45, 2.75) is 63.6 Å². The molecule has 4 rings (SSSR count). The number of amides is 2. The summed E-state index contributed by atoms with van der Waals surface area (Å²) >= 11 is 0. The summed E-state index contributed by atoms with van der Waals surface area (Å²) in [6, 6.07) is -0.239. The molecule has 3 unspecified atom stereocenters. The van der Waals surface area contributed by atoms with Crippen LogP contribution in [0.25, 0.3) is 0 Å². The van der Waals surface area contributed by atoms with E-state index < -0.39 is 11.8 Å². The van der Waals surface area contributed by atoms with Gasteiger partial charge in [-0.05, 0) is 33.6 Å². The van der Waals surface area contributed by atoms with Crippen LogP contribution in [0.2, 0.25) is 0 Å². The first kappa shape index (κ1) is 19.9. The molecule has 2 fully saturated rings. The molecule has 0 saturated carbocycles. The largest absolute Gasteiger partial charge is 0.509 e. The maximum absolute atomic E-state index is 12.5. The third-order valence-electron chi connectivity index (χ3n) is 5.70. The summed E-state index contributed by atoms with van der Waals surface area (Å²) in [4.78, 5) is 46.7. The Labute approximate surface area is 170 Å². The highest BCUT2D eigenvalue weighted by Gasteiger charge is 2.50. The van der Waals surface area contributed by atoms with E-state index in [1.54, 1.807) is 17.1 Å². The zero-order valence-corrected chi connectivity index (χ0v) is 17.1. The molecule has 4 aliphatic heterocycles. The smallest absolute Gasteiger partial charge is 0.431 e. The summed E-state index contributed by atoms with van der Waals surface area (Å²) in [6.07, 6.45) is 5.06. The molecule has 0 N–H and O–H groups in total. The van der Waals surface area contributed by atoms with Gasteiger partial charge in [0.05, 0.1) is 12.3 Å². The van der Waals surface area contributed by atoms with Crippen molar-refractivity contribution in [2.75, 3.05) is 26.2 Å². The van der Waals surface area contributed by atoms with Crippen molar-refractivity contribution >= 4 is 24.2 Å². The van der Waals surface area contributed by atoms with E-state index in [0.717, 1.165) is 25.9 Å². The summed E-state index contributed by atoms with van der Waals surface area (Å²) in [7, 11) is 0. The Balaban J connectivity index is 1.32. The number of likely N-dealkylation sites (tertiary alicyclic amines) is 1. The van der Waals surface area contributed by atoms with Gasteiger partial charge in [0, 0.05) is 32.3 Å². The van der Waals surface area contributed by atoms with Gasteiger partial charge in [0.15, 0.2) is 0 Å². The van der Waals surface area contributed by atoms with E-state index in [0.29, 0.717) is 13.1 Å². The van der Waals surface area contributed by atoms with Gasteiger partial charge >= 0.3 is 6.16 Å². The topological polar surface area (TPSA) is 91.7 Å². The minimum Gasteiger partial charge on any atom is -0.431 e. The highest BCUT2D eigenvalue weighted by Crippen LogP contribution is 2.31. The van der Waals surface area contributed by atoms with E-state index in [1.807, 2.05) is 25.7 Å². The quantitative estimate of drug-likeness (QED) is 0.646. The van der Waals surface area contributed by atoms with Gasteiger partial charge in [-0.25, -0.2) is 4.79 Å². The van der Waals surface area contributed by atoms with Crippen LogP contribution in [0, 0.1) is 0 Å². The van der Waals surface area contributed by atoms with Gasteiger partial charge in [0.2, 0.25) is 5.91 Å². The molecule has 2 saturated heterocycles. The molecule has 0 bridgehead atoms. The maximum atomic E-state index is 12.5. The molecule has 2 amide bonds. The lowest BCUT2D eigenvalue weighted by atomic mass is 10.1. The molecule has 4 aliphatic rings. The van der Waals surface area contributed by atoms with Gasteiger partial charge < -0.3 is 24.2 Å². The molecule has 9 nitrogen and oxygen atoms in total. The van der Waals surface area contributed by atoms with Gasteiger partial charge in [0.1, 0.15) is 23.9 Å². The molecule has 0 radical (unpaired) electrons. The molecule has 0 aromatic heterocycles. The Kier molecular flexibility index (Phi) is 5.10. The first-order chi connectivity index (χ1) is 13.7. The summed E-state index contributed by atoms with van der Waals surface area (Å²) in [5.74, 6) is -0.196. The van der Waals surface area contributed by atoms with E-state index in [-0.39, 0.29) is 36.2 Å². The highest BCUT2D eigenvalue weighted by molar-refractivity contribution is 6.27. The van der Waals surface area contributed by atoms with Gasteiger partial charge in [0.25, 0.3) is 5.91 Å². The minimum absolute atomic E-state index is 0.0612. The number of ether oxygens (including phenoxy) is 2.